The van der Waals surface area contributed by atoms with Crippen LogP contribution in [-0.2, 0) is 4.74 Å². The maximum absolute atomic E-state index is 5.78. The molecule has 1 saturated carbocycles. The van der Waals surface area contributed by atoms with Crippen LogP contribution in [0, 0.1) is 5.92 Å². The molecule has 3 unspecified atom stereocenters. The van der Waals surface area contributed by atoms with Crippen molar-refractivity contribution >= 4 is 0 Å². The van der Waals surface area contributed by atoms with E-state index in [4.69, 9.17) is 4.74 Å². The van der Waals surface area contributed by atoms with Gasteiger partial charge < -0.3 is 10.1 Å². The monoisotopic (exact) mass is 254 g/mol. The van der Waals surface area contributed by atoms with Gasteiger partial charge in [0.1, 0.15) is 0 Å². The lowest BCUT2D eigenvalue weighted by Gasteiger charge is -2.49. The highest BCUT2D eigenvalue weighted by atomic mass is 16.5. The third kappa shape index (κ3) is 2.73. The van der Waals surface area contributed by atoms with Crippen LogP contribution in [0.15, 0.2) is 0 Å². The van der Waals surface area contributed by atoms with Crippen molar-refractivity contribution < 1.29 is 4.74 Å². The average molecular weight is 254 g/mol. The molecule has 106 valence electrons. The summed E-state index contributed by atoms with van der Waals surface area (Å²) in [6, 6.07) is 1.36. The van der Waals surface area contributed by atoms with Crippen LogP contribution in [0.1, 0.15) is 46.5 Å². The first-order chi connectivity index (χ1) is 8.62. The summed E-state index contributed by atoms with van der Waals surface area (Å²) < 4.78 is 5.78. The summed E-state index contributed by atoms with van der Waals surface area (Å²) in [7, 11) is 1.89. The number of ether oxygens (including phenoxy) is 1. The first-order valence-electron chi connectivity index (χ1n) is 7.64. The highest BCUT2D eigenvalue weighted by Crippen LogP contribution is 2.37. The van der Waals surface area contributed by atoms with E-state index in [1.807, 2.05) is 7.11 Å². The molecule has 2 fully saturated rings. The molecule has 0 spiro atoms. The van der Waals surface area contributed by atoms with E-state index in [0.29, 0.717) is 12.1 Å². The number of likely N-dealkylation sites (tertiary alicyclic amines) is 1. The van der Waals surface area contributed by atoms with Gasteiger partial charge in [0.2, 0.25) is 0 Å². The van der Waals surface area contributed by atoms with Gasteiger partial charge in [0.25, 0.3) is 0 Å². The summed E-state index contributed by atoms with van der Waals surface area (Å²) in [5, 5.41) is 3.63. The van der Waals surface area contributed by atoms with E-state index in [-0.39, 0.29) is 5.60 Å². The van der Waals surface area contributed by atoms with Gasteiger partial charge in [-0.15, -0.1) is 0 Å². The minimum absolute atomic E-state index is 0.180. The first kappa shape index (κ1) is 14.3. The van der Waals surface area contributed by atoms with Gasteiger partial charge in [-0.25, -0.2) is 0 Å². The lowest BCUT2D eigenvalue weighted by molar-refractivity contribution is -0.105. The predicted octanol–water partition coefficient (Wildman–Crippen LogP) is 2.26. The fourth-order valence-corrected chi connectivity index (χ4v) is 3.58. The van der Waals surface area contributed by atoms with E-state index < -0.39 is 0 Å². The number of methoxy groups -OCH3 is 1. The molecule has 2 aliphatic rings. The van der Waals surface area contributed by atoms with Crippen LogP contribution < -0.4 is 5.32 Å². The van der Waals surface area contributed by atoms with E-state index in [1.54, 1.807) is 0 Å². The van der Waals surface area contributed by atoms with E-state index >= 15 is 0 Å². The van der Waals surface area contributed by atoms with E-state index in [9.17, 15) is 0 Å². The Morgan fingerprint density at radius 3 is 2.56 bits per heavy atom. The molecule has 0 aromatic heterocycles. The molecule has 2 rings (SSSR count). The van der Waals surface area contributed by atoms with Gasteiger partial charge in [-0.2, -0.15) is 0 Å². The standard InChI is InChI=1S/C15H30N2O/c1-5-16-14-7-10-17(13(3)12(14)2)11-15(18-4)8-6-9-15/h12-14,16H,5-11H2,1-4H3. The van der Waals surface area contributed by atoms with Gasteiger partial charge in [-0.3, -0.25) is 4.90 Å². The average Bonchev–Trinajstić information content (AvgIpc) is 2.33. The van der Waals surface area contributed by atoms with Gasteiger partial charge in [0, 0.05) is 32.3 Å². The summed E-state index contributed by atoms with van der Waals surface area (Å²) in [5.41, 5.74) is 0.180. The molecular formula is C15H30N2O. The van der Waals surface area contributed by atoms with Crippen LogP contribution in [0.25, 0.3) is 0 Å². The molecule has 1 N–H and O–H groups in total. The summed E-state index contributed by atoms with van der Waals surface area (Å²) in [6.07, 6.45) is 5.11. The Hall–Kier alpha value is -0.120. The van der Waals surface area contributed by atoms with Gasteiger partial charge in [0.05, 0.1) is 5.60 Å². The minimum Gasteiger partial charge on any atom is -0.377 e. The highest BCUT2D eigenvalue weighted by molar-refractivity contribution is 4.96. The van der Waals surface area contributed by atoms with E-state index in [1.165, 1.54) is 32.2 Å². The second kappa shape index (κ2) is 5.89. The molecule has 1 saturated heterocycles. The number of nitrogens with one attached hydrogen (secondary N) is 1. The molecule has 0 bridgehead atoms. The van der Waals surface area contributed by atoms with Crippen molar-refractivity contribution in [3.63, 3.8) is 0 Å². The second-order valence-electron chi connectivity index (χ2n) is 6.26. The minimum atomic E-state index is 0.180. The summed E-state index contributed by atoms with van der Waals surface area (Å²) in [4.78, 5) is 2.65. The molecule has 1 aliphatic carbocycles. The number of nitrogens with zero attached hydrogens (tertiary/aromatic N) is 1. The Morgan fingerprint density at radius 2 is 2.06 bits per heavy atom. The fourth-order valence-electron chi connectivity index (χ4n) is 3.58. The Bertz CT molecular complexity index is 260. The summed E-state index contributed by atoms with van der Waals surface area (Å²) in [6.45, 7) is 10.4. The molecule has 3 heteroatoms. The van der Waals surface area contributed by atoms with Gasteiger partial charge in [0.15, 0.2) is 0 Å². The molecule has 1 aliphatic heterocycles. The molecule has 3 atom stereocenters. The number of hydrogen-bond acceptors (Lipinski definition) is 3. The van der Waals surface area contributed by atoms with Gasteiger partial charge in [-0.05, 0) is 45.1 Å². The fraction of sp³-hybridized carbons (Fsp3) is 1.00. The van der Waals surface area contributed by atoms with Gasteiger partial charge >= 0.3 is 0 Å². The largest absolute Gasteiger partial charge is 0.377 e. The lowest BCUT2D eigenvalue weighted by Crippen LogP contribution is -2.58. The van der Waals surface area contributed by atoms with Crippen LogP contribution in [0.5, 0.6) is 0 Å². The van der Waals surface area contributed by atoms with Crippen molar-refractivity contribution in [3.8, 4) is 0 Å². The van der Waals surface area contributed by atoms with Crippen LogP contribution in [0.2, 0.25) is 0 Å². The zero-order valence-electron chi connectivity index (χ0n) is 12.5. The molecule has 0 radical (unpaired) electrons. The molecule has 1 heterocycles. The van der Waals surface area contributed by atoms with E-state index in [2.05, 4.69) is 31.0 Å². The topological polar surface area (TPSA) is 24.5 Å². The van der Waals surface area contributed by atoms with Crippen molar-refractivity contribution in [2.24, 2.45) is 5.92 Å². The SMILES string of the molecule is CCNC1CCN(CC2(OC)CCC2)C(C)C1C. The third-order valence-corrected chi connectivity index (χ3v) is 5.35. The Kier molecular flexibility index (Phi) is 4.68. The Balaban J connectivity index is 1.91. The predicted molar refractivity (Wildman–Crippen MR) is 75.9 cm³/mol. The van der Waals surface area contributed by atoms with Crippen molar-refractivity contribution in [3.05, 3.63) is 0 Å². The van der Waals surface area contributed by atoms with Crippen molar-refractivity contribution in [1.29, 1.82) is 0 Å². The molecular weight excluding hydrogens is 224 g/mol. The van der Waals surface area contributed by atoms with Crippen molar-refractivity contribution in [2.75, 3.05) is 26.7 Å². The van der Waals surface area contributed by atoms with Crippen LogP contribution in [-0.4, -0.2) is 49.3 Å². The zero-order valence-corrected chi connectivity index (χ0v) is 12.5. The number of hydrogen-bond donors (Lipinski definition) is 1. The number of rotatable bonds is 5. The molecule has 18 heavy (non-hydrogen) atoms. The normalized spacial score (nSPS) is 36.3. The third-order valence-electron chi connectivity index (χ3n) is 5.35. The molecule has 0 amide bonds. The lowest BCUT2D eigenvalue weighted by atomic mass is 9.78. The number of piperidine rings is 1. The Morgan fingerprint density at radius 1 is 1.33 bits per heavy atom. The smallest absolute Gasteiger partial charge is 0.0805 e. The van der Waals surface area contributed by atoms with Crippen molar-refractivity contribution in [2.45, 2.75) is 64.1 Å². The Labute approximate surface area is 112 Å². The molecule has 3 nitrogen and oxygen atoms in total. The van der Waals surface area contributed by atoms with Gasteiger partial charge in [-0.1, -0.05) is 13.8 Å². The summed E-state index contributed by atoms with van der Waals surface area (Å²) in [5.74, 6) is 0.729. The van der Waals surface area contributed by atoms with E-state index in [0.717, 1.165) is 19.0 Å². The maximum atomic E-state index is 5.78. The van der Waals surface area contributed by atoms with Crippen LogP contribution in [0.4, 0.5) is 0 Å². The quantitative estimate of drug-likeness (QED) is 0.814. The second-order valence-corrected chi connectivity index (χ2v) is 6.26. The van der Waals surface area contributed by atoms with Crippen LogP contribution >= 0.6 is 0 Å². The van der Waals surface area contributed by atoms with Crippen LogP contribution in [0.3, 0.4) is 0 Å². The maximum Gasteiger partial charge on any atom is 0.0805 e. The molecule has 0 aromatic rings. The first-order valence-corrected chi connectivity index (χ1v) is 7.64. The van der Waals surface area contributed by atoms with Crippen molar-refractivity contribution in [1.82, 2.24) is 10.2 Å². The highest BCUT2D eigenvalue weighted by Gasteiger charge is 2.42. The molecule has 0 aromatic carbocycles. The summed E-state index contributed by atoms with van der Waals surface area (Å²) >= 11 is 0. The zero-order chi connectivity index (χ0) is 13.2.